The summed E-state index contributed by atoms with van der Waals surface area (Å²) in [7, 11) is -3.59. The molecule has 0 saturated heterocycles. The number of hydrogen-bond acceptors (Lipinski definition) is 3. The molecule has 0 aliphatic heterocycles. The molecule has 2 rings (SSSR count). The third kappa shape index (κ3) is 3.02. The van der Waals surface area contributed by atoms with Crippen LogP contribution in [0.15, 0.2) is 29.2 Å². The Kier molecular flexibility index (Phi) is 4.77. The van der Waals surface area contributed by atoms with E-state index in [2.05, 4.69) is 13.8 Å². The van der Waals surface area contributed by atoms with Crippen LogP contribution in [0.5, 0.6) is 0 Å². The Balaban J connectivity index is 2.35. The Morgan fingerprint density at radius 1 is 1.25 bits per heavy atom. The molecule has 0 bridgehead atoms. The average molecular weight is 317 g/mol. The molecule has 0 radical (unpaired) electrons. The van der Waals surface area contributed by atoms with Crippen LogP contribution in [0.25, 0.3) is 0 Å². The van der Waals surface area contributed by atoms with Gasteiger partial charge in [-0.05, 0) is 43.2 Å². The van der Waals surface area contributed by atoms with E-state index in [1.165, 1.54) is 6.07 Å². The number of hydrogen-bond donors (Lipinski definition) is 1. The van der Waals surface area contributed by atoms with E-state index < -0.39 is 21.2 Å². The van der Waals surface area contributed by atoms with E-state index in [1.807, 2.05) is 0 Å². The highest BCUT2D eigenvalue weighted by molar-refractivity contribution is 7.92. The average Bonchev–Trinajstić information content (AvgIpc) is 2.39. The lowest BCUT2D eigenvalue weighted by atomic mass is 9.80. The van der Waals surface area contributed by atoms with E-state index >= 15 is 0 Å². The Labute approximate surface area is 125 Å². The molecule has 0 spiro atoms. The van der Waals surface area contributed by atoms with Gasteiger partial charge < -0.3 is 5.11 Å². The minimum atomic E-state index is -3.59. The molecule has 1 aromatic carbocycles. The van der Waals surface area contributed by atoms with E-state index in [4.69, 9.17) is 11.6 Å². The second-order valence-corrected chi connectivity index (χ2v) is 8.44. The first-order valence-corrected chi connectivity index (χ1v) is 8.93. The fraction of sp³-hybridized carbons (Fsp3) is 0.600. The van der Waals surface area contributed by atoms with Crippen LogP contribution in [0, 0.1) is 11.8 Å². The number of sulfone groups is 1. The first-order valence-electron chi connectivity index (χ1n) is 7.00. The summed E-state index contributed by atoms with van der Waals surface area (Å²) in [4.78, 5) is 0.134. The van der Waals surface area contributed by atoms with E-state index in [0.717, 1.165) is 6.42 Å². The first-order chi connectivity index (χ1) is 9.34. The number of halogens is 1. The van der Waals surface area contributed by atoms with Crippen LogP contribution in [0.2, 0.25) is 5.02 Å². The van der Waals surface area contributed by atoms with Gasteiger partial charge in [-0.15, -0.1) is 0 Å². The van der Waals surface area contributed by atoms with E-state index in [9.17, 15) is 13.5 Å². The summed E-state index contributed by atoms with van der Waals surface area (Å²) in [6.07, 6.45) is 1.13. The predicted octanol–water partition coefficient (Wildman–Crippen LogP) is 3.30. The standard InChI is InChI=1S/C15H21ClO3S/c1-10(2)11-7-8-13(17)15(9-11)20(18,19)14-6-4-3-5-12(14)16/h3-6,10-11,13,15,17H,7-9H2,1-2H3. The highest BCUT2D eigenvalue weighted by Gasteiger charge is 2.40. The topological polar surface area (TPSA) is 54.4 Å². The van der Waals surface area contributed by atoms with Crippen molar-refractivity contribution in [1.29, 1.82) is 0 Å². The van der Waals surface area contributed by atoms with Crippen molar-refractivity contribution in [1.82, 2.24) is 0 Å². The summed E-state index contributed by atoms with van der Waals surface area (Å²) in [5.74, 6) is 0.757. The molecule has 3 atom stereocenters. The smallest absolute Gasteiger partial charge is 0.185 e. The molecule has 1 aromatic rings. The second kappa shape index (κ2) is 6.04. The van der Waals surface area contributed by atoms with Crippen molar-refractivity contribution >= 4 is 21.4 Å². The molecule has 1 saturated carbocycles. The fourth-order valence-electron chi connectivity index (χ4n) is 2.92. The predicted molar refractivity (Wildman–Crippen MR) is 80.6 cm³/mol. The van der Waals surface area contributed by atoms with Gasteiger partial charge in [0.25, 0.3) is 0 Å². The molecule has 1 N–H and O–H groups in total. The second-order valence-electron chi connectivity index (χ2n) is 5.90. The van der Waals surface area contributed by atoms with E-state index in [0.29, 0.717) is 24.7 Å². The minimum Gasteiger partial charge on any atom is -0.392 e. The SMILES string of the molecule is CC(C)C1CCC(O)C(S(=O)(=O)c2ccccc2Cl)C1. The maximum Gasteiger partial charge on any atom is 0.185 e. The van der Waals surface area contributed by atoms with Crippen LogP contribution in [-0.4, -0.2) is 24.9 Å². The van der Waals surface area contributed by atoms with Gasteiger partial charge in [-0.2, -0.15) is 0 Å². The molecule has 3 nitrogen and oxygen atoms in total. The van der Waals surface area contributed by atoms with Crippen molar-refractivity contribution in [2.45, 2.75) is 49.4 Å². The molecule has 0 aromatic heterocycles. The van der Waals surface area contributed by atoms with Gasteiger partial charge in [-0.3, -0.25) is 0 Å². The Bertz CT molecular complexity index is 568. The van der Waals surface area contributed by atoms with Crippen molar-refractivity contribution in [3.63, 3.8) is 0 Å². The molecule has 112 valence electrons. The van der Waals surface area contributed by atoms with Crippen LogP contribution in [0.1, 0.15) is 33.1 Å². The Morgan fingerprint density at radius 3 is 2.50 bits per heavy atom. The molecule has 1 aliphatic carbocycles. The van der Waals surface area contributed by atoms with Gasteiger partial charge in [0.1, 0.15) is 0 Å². The zero-order valence-electron chi connectivity index (χ0n) is 11.8. The Morgan fingerprint density at radius 2 is 1.90 bits per heavy atom. The molecular weight excluding hydrogens is 296 g/mol. The summed E-state index contributed by atoms with van der Waals surface area (Å²) >= 11 is 6.01. The third-order valence-electron chi connectivity index (χ3n) is 4.28. The van der Waals surface area contributed by atoms with Gasteiger partial charge >= 0.3 is 0 Å². The van der Waals surface area contributed by atoms with Crippen LogP contribution in [-0.2, 0) is 9.84 Å². The number of rotatable bonds is 3. The summed E-state index contributed by atoms with van der Waals surface area (Å²) < 4.78 is 25.5. The van der Waals surface area contributed by atoms with Crippen molar-refractivity contribution in [3.8, 4) is 0 Å². The summed E-state index contributed by atoms with van der Waals surface area (Å²) in [5, 5.41) is 9.62. The molecule has 20 heavy (non-hydrogen) atoms. The van der Waals surface area contributed by atoms with Crippen LogP contribution >= 0.6 is 11.6 Å². The molecular formula is C15H21ClO3S. The Hall–Kier alpha value is -0.580. The normalized spacial score (nSPS) is 27.8. The quantitative estimate of drug-likeness (QED) is 0.931. The van der Waals surface area contributed by atoms with Crippen molar-refractivity contribution < 1.29 is 13.5 Å². The number of aliphatic hydroxyl groups excluding tert-OH is 1. The van der Waals surface area contributed by atoms with Gasteiger partial charge in [0.2, 0.25) is 0 Å². The lowest BCUT2D eigenvalue weighted by Crippen LogP contribution is -2.41. The van der Waals surface area contributed by atoms with Gasteiger partial charge in [0.05, 0.1) is 21.3 Å². The molecule has 3 unspecified atom stereocenters. The first kappa shape index (κ1) is 15.8. The number of aliphatic hydroxyl groups is 1. The summed E-state index contributed by atoms with van der Waals surface area (Å²) in [6, 6.07) is 6.45. The largest absolute Gasteiger partial charge is 0.392 e. The highest BCUT2D eigenvalue weighted by atomic mass is 35.5. The fourth-order valence-corrected chi connectivity index (χ4v) is 5.36. The van der Waals surface area contributed by atoms with E-state index in [1.54, 1.807) is 18.2 Å². The van der Waals surface area contributed by atoms with Crippen LogP contribution < -0.4 is 0 Å². The van der Waals surface area contributed by atoms with Crippen LogP contribution in [0.3, 0.4) is 0 Å². The van der Waals surface area contributed by atoms with Gasteiger partial charge in [-0.25, -0.2) is 8.42 Å². The zero-order valence-corrected chi connectivity index (χ0v) is 13.4. The molecule has 0 heterocycles. The minimum absolute atomic E-state index is 0.134. The lowest BCUT2D eigenvalue weighted by molar-refractivity contribution is 0.0997. The highest BCUT2D eigenvalue weighted by Crippen LogP contribution is 2.37. The number of benzene rings is 1. The maximum absolute atomic E-state index is 12.7. The monoisotopic (exact) mass is 316 g/mol. The zero-order chi connectivity index (χ0) is 14.9. The van der Waals surface area contributed by atoms with Crippen molar-refractivity contribution in [3.05, 3.63) is 29.3 Å². The molecule has 5 heteroatoms. The molecule has 1 aliphatic rings. The lowest BCUT2D eigenvalue weighted by Gasteiger charge is -2.35. The van der Waals surface area contributed by atoms with Gasteiger partial charge in [0, 0.05) is 0 Å². The molecule has 0 amide bonds. The summed E-state index contributed by atoms with van der Waals surface area (Å²) in [5.41, 5.74) is 0. The van der Waals surface area contributed by atoms with Crippen molar-refractivity contribution in [2.24, 2.45) is 11.8 Å². The van der Waals surface area contributed by atoms with Crippen molar-refractivity contribution in [2.75, 3.05) is 0 Å². The maximum atomic E-state index is 12.7. The van der Waals surface area contributed by atoms with E-state index in [-0.39, 0.29) is 9.92 Å². The van der Waals surface area contributed by atoms with Gasteiger partial charge in [0.15, 0.2) is 9.84 Å². The summed E-state index contributed by atoms with van der Waals surface area (Å²) in [6.45, 7) is 4.20. The third-order valence-corrected chi connectivity index (χ3v) is 7.00. The van der Waals surface area contributed by atoms with Gasteiger partial charge in [-0.1, -0.05) is 37.6 Å². The molecule has 1 fully saturated rings. The van der Waals surface area contributed by atoms with Crippen LogP contribution in [0.4, 0.5) is 0 Å².